The SMILES string of the molecule is COc1ccc(C2(CC#N)COC2)cc1OC. The molecule has 17 heavy (non-hydrogen) atoms. The van der Waals surface area contributed by atoms with Crippen molar-refractivity contribution in [1.82, 2.24) is 0 Å². The van der Waals surface area contributed by atoms with Crippen molar-refractivity contribution in [2.24, 2.45) is 0 Å². The smallest absolute Gasteiger partial charge is 0.161 e. The Morgan fingerprint density at radius 1 is 1.29 bits per heavy atom. The quantitative estimate of drug-likeness (QED) is 0.796. The lowest BCUT2D eigenvalue weighted by Crippen LogP contribution is -2.46. The van der Waals surface area contributed by atoms with E-state index in [0.29, 0.717) is 31.1 Å². The zero-order valence-corrected chi connectivity index (χ0v) is 10.0. The summed E-state index contributed by atoms with van der Waals surface area (Å²) in [6, 6.07) is 7.99. The van der Waals surface area contributed by atoms with Crippen LogP contribution >= 0.6 is 0 Å². The lowest BCUT2D eigenvalue weighted by Gasteiger charge is -2.40. The van der Waals surface area contributed by atoms with Gasteiger partial charge in [-0.2, -0.15) is 5.26 Å². The summed E-state index contributed by atoms with van der Waals surface area (Å²) in [5.74, 6) is 1.39. The molecule has 4 nitrogen and oxygen atoms in total. The second kappa shape index (κ2) is 4.64. The molecule has 0 bridgehead atoms. The number of ether oxygens (including phenoxy) is 3. The van der Waals surface area contributed by atoms with Gasteiger partial charge in [-0.25, -0.2) is 0 Å². The predicted octanol–water partition coefficient (Wildman–Crippen LogP) is 1.89. The van der Waals surface area contributed by atoms with Crippen LogP contribution in [0.2, 0.25) is 0 Å². The fourth-order valence-corrected chi connectivity index (χ4v) is 2.04. The van der Waals surface area contributed by atoms with Crippen molar-refractivity contribution in [3.05, 3.63) is 23.8 Å². The molecular formula is C13H15NO3. The topological polar surface area (TPSA) is 51.5 Å². The van der Waals surface area contributed by atoms with Gasteiger partial charge in [0.15, 0.2) is 11.5 Å². The Balaban J connectivity index is 2.36. The number of nitrogens with zero attached hydrogens (tertiary/aromatic N) is 1. The zero-order valence-electron chi connectivity index (χ0n) is 10.0. The van der Waals surface area contributed by atoms with E-state index in [0.717, 1.165) is 5.56 Å². The van der Waals surface area contributed by atoms with Crippen LogP contribution in [0.1, 0.15) is 12.0 Å². The normalized spacial score (nSPS) is 16.8. The monoisotopic (exact) mass is 233 g/mol. The minimum Gasteiger partial charge on any atom is -0.493 e. The molecule has 4 heteroatoms. The molecule has 1 fully saturated rings. The summed E-state index contributed by atoms with van der Waals surface area (Å²) in [5.41, 5.74) is 0.900. The average molecular weight is 233 g/mol. The maximum Gasteiger partial charge on any atom is 0.161 e. The summed E-state index contributed by atoms with van der Waals surface area (Å²) in [6.07, 6.45) is 0.461. The highest BCUT2D eigenvalue weighted by Crippen LogP contribution is 2.39. The second-order valence-electron chi connectivity index (χ2n) is 4.18. The van der Waals surface area contributed by atoms with E-state index < -0.39 is 0 Å². The molecule has 0 amide bonds. The summed E-state index contributed by atoms with van der Waals surface area (Å²) in [7, 11) is 3.21. The Kier molecular flexibility index (Phi) is 3.21. The molecule has 0 saturated carbocycles. The largest absolute Gasteiger partial charge is 0.493 e. The first-order valence-electron chi connectivity index (χ1n) is 5.43. The summed E-state index contributed by atoms with van der Waals surface area (Å²) in [6.45, 7) is 1.19. The highest BCUT2D eigenvalue weighted by Gasteiger charge is 2.40. The van der Waals surface area contributed by atoms with E-state index in [2.05, 4.69) is 6.07 Å². The molecule has 0 atom stereocenters. The van der Waals surface area contributed by atoms with Crippen molar-refractivity contribution in [1.29, 1.82) is 5.26 Å². The third-order valence-corrected chi connectivity index (χ3v) is 3.17. The van der Waals surface area contributed by atoms with E-state index >= 15 is 0 Å². The summed E-state index contributed by atoms with van der Waals surface area (Å²) >= 11 is 0. The minimum absolute atomic E-state index is 0.172. The van der Waals surface area contributed by atoms with Crippen molar-refractivity contribution < 1.29 is 14.2 Å². The highest BCUT2D eigenvalue weighted by atomic mass is 16.5. The van der Waals surface area contributed by atoms with E-state index in [1.807, 2.05) is 18.2 Å². The van der Waals surface area contributed by atoms with Crippen LogP contribution < -0.4 is 9.47 Å². The van der Waals surface area contributed by atoms with Gasteiger partial charge in [-0.05, 0) is 17.7 Å². The standard InChI is InChI=1S/C13H15NO3/c1-15-11-4-3-10(7-12(11)16-2)13(5-6-14)8-17-9-13/h3-4,7H,5,8-9H2,1-2H3. The van der Waals surface area contributed by atoms with Crippen LogP contribution in [0.5, 0.6) is 11.5 Å². The Morgan fingerprint density at radius 3 is 2.47 bits per heavy atom. The van der Waals surface area contributed by atoms with Gasteiger partial charge in [-0.3, -0.25) is 0 Å². The fraction of sp³-hybridized carbons (Fsp3) is 0.462. The molecule has 1 aliphatic heterocycles. The van der Waals surface area contributed by atoms with Crippen molar-refractivity contribution in [2.45, 2.75) is 11.8 Å². The number of hydrogen-bond donors (Lipinski definition) is 0. The molecule has 2 rings (SSSR count). The molecule has 1 heterocycles. The Labute approximate surface area is 101 Å². The van der Waals surface area contributed by atoms with Gasteiger partial charge >= 0.3 is 0 Å². The van der Waals surface area contributed by atoms with E-state index in [4.69, 9.17) is 19.5 Å². The Morgan fingerprint density at radius 2 is 2.00 bits per heavy atom. The summed E-state index contributed by atoms with van der Waals surface area (Å²) < 4.78 is 15.7. The third-order valence-electron chi connectivity index (χ3n) is 3.17. The molecule has 1 saturated heterocycles. The number of hydrogen-bond acceptors (Lipinski definition) is 4. The molecule has 0 spiro atoms. The highest BCUT2D eigenvalue weighted by molar-refractivity contribution is 5.46. The maximum atomic E-state index is 8.89. The number of benzene rings is 1. The lowest BCUT2D eigenvalue weighted by molar-refractivity contribution is -0.0577. The number of methoxy groups -OCH3 is 2. The van der Waals surface area contributed by atoms with Gasteiger partial charge in [0.05, 0.1) is 38.9 Å². The maximum absolute atomic E-state index is 8.89. The molecule has 0 aromatic heterocycles. The number of nitriles is 1. The first kappa shape index (κ1) is 11.7. The number of rotatable bonds is 4. The predicted molar refractivity (Wildman–Crippen MR) is 62.3 cm³/mol. The molecule has 90 valence electrons. The van der Waals surface area contributed by atoms with Crippen LogP contribution in [0.15, 0.2) is 18.2 Å². The van der Waals surface area contributed by atoms with Gasteiger partial charge in [0, 0.05) is 6.42 Å². The van der Waals surface area contributed by atoms with Crippen LogP contribution in [-0.4, -0.2) is 27.4 Å². The van der Waals surface area contributed by atoms with Crippen LogP contribution in [0, 0.1) is 11.3 Å². The molecule has 1 aliphatic rings. The van der Waals surface area contributed by atoms with E-state index in [-0.39, 0.29) is 5.41 Å². The van der Waals surface area contributed by atoms with E-state index in [9.17, 15) is 0 Å². The Bertz CT molecular complexity index is 446. The fourth-order valence-electron chi connectivity index (χ4n) is 2.04. The van der Waals surface area contributed by atoms with Crippen LogP contribution in [0.4, 0.5) is 0 Å². The van der Waals surface area contributed by atoms with Crippen molar-refractivity contribution in [2.75, 3.05) is 27.4 Å². The van der Waals surface area contributed by atoms with Gasteiger partial charge in [0.1, 0.15) is 0 Å². The first-order chi connectivity index (χ1) is 8.25. The molecule has 1 aromatic carbocycles. The molecule has 0 unspecified atom stereocenters. The first-order valence-corrected chi connectivity index (χ1v) is 5.43. The van der Waals surface area contributed by atoms with Crippen LogP contribution in [-0.2, 0) is 10.2 Å². The van der Waals surface area contributed by atoms with Crippen molar-refractivity contribution in [3.63, 3.8) is 0 Å². The molecular weight excluding hydrogens is 218 g/mol. The molecule has 0 aliphatic carbocycles. The van der Waals surface area contributed by atoms with Gasteiger partial charge in [0.25, 0.3) is 0 Å². The van der Waals surface area contributed by atoms with Gasteiger partial charge in [-0.1, -0.05) is 6.07 Å². The van der Waals surface area contributed by atoms with Crippen LogP contribution in [0.3, 0.4) is 0 Å². The second-order valence-corrected chi connectivity index (χ2v) is 4.18. The molecule has 0 N–H and O–H groups in total. The van der Waals surface area contributed by atoms with Crippen molar-refractivity contribution in [3.8, 4) is 17.6 Å². The third kappa shape index (κ3) is 1.94. The van der Waals surface area contributed by atoms with Gasteiger partial charge < -0.3 is 14.2 Å². The van der Waals surface area contributed by atoms with E-state index in [1.54, 1.807) is 14.2 Å². The average Bonchev–Trinajstić information content (AvgIpc) is 2.33. The summed E-state index contributed by atoms with van der Waals surface area (Å²) in [5, 5.41) is 8.89. The summed E-state index contributed by atoms with van der Waals surface area (Å²) in [4.78, 5) is 0. The zero-order chi connectivity index (χ0) is 12.3. The van der Waals surface area contributed by atoms with Gasteiger partial charge in [0.2, 0.25) is 0 Å². The van der Waals surface area contributed by atoms with Crippen molar-refractivity contribution >= 4 is 0 Å². The molecule has 0 radical (unpaired) electrons. The van der Waals surface area contributed by atoms with Gasteiger partial charge in [-0.15, -0.1) is 0 Å². The van der Waals surface area contributed by atoms with Crippen LogP contribution in [0.25, 0.3) is 0 Å². The van der Waals surface area contributed by atoms with E-state index in [1.165, 1.54) is 0 Å². The minimum atomic E-state index is -0.172. The molecule has 1 aromatic rings. The lowest BCUT2D eigenvalue weighted by atomic mass is 9.76. The Hall–Kier alpha value is -1.73.